The highest BCUT2D eigenvalue weighted by atomic mass is 14.2. The maximum atomic E-state index is 2.47. The van der Waals surface area contributed by atoms with Crippen molar-refractivity contribution in [3.8, 4) is 0 Å². The van der Waals surface area contributed by atoms with E-state index in [-0.39, 0.29) is 0 Å². The molecule has 86 valence electrons. The van der Waals surface area contributed by atoms with Crippen LogP contribution in [0.4, 0.5) is 0 Å². The summed E-state index contributed by atoms with van der Waals surface area (Å²) < 4.78 is 0. The third kappa shape index (κ3) is 4.68. The Bertz CT molecular complexity index is 232. The smallest absolute Gasteiger partial charge is 0.00517 e. The largest absolute Gasteiger partial charge is 0.0877 e. The van der Waals surface area contributed by atoms with Crippen molar-refractivity contribution in [2.75, 3.05) is 0 Å². The Morgan fingerprint density at radius 1 is 1.40 bits per heavy atom. The van der Waals surface area contributed by atoms with Crippen molar-refractivity contribution >= 4 is 0 Å². The van der Waals surface area contributed by atoms with E-state index in [2.05, 4.69) is 45.9 Å². The maximum Gasteiger partial charge on any atom is -0.00517 e. The predicted molar refractivity (Wildman–Crippen MR) is 68.9 cm³/mol. The highest BCUT2D eigenvalue weighted by Crippen LogP contribution is 2.28. The fraction of sp³-hybridized carbons (Fsp3) is 0.733. The van der Waals surface area contributed by atoms with Crippen molar-refractivity contribution in [2.45, 2.75) is 53.4 Å². The molecule has 0 heteroatoms. The third-order valence-corrected chi connectivity index (χ3v) is 3.33. The molecule has 0 spiro atoms. The standard InChI is InChI=1S/C15H26/c1-12(2)6-5-7-14(4)15-10-8-13(3)9-11-15/h5,7,10,12-14H,6,8-9,11H2,1-4H3/b7-5+/t13-,14+/m1/s1. The molecule has 0 radical (unpaired) electrons. The van der Waals surface area contributed by atoms with E-state index >= 15 is 0 Å². The number of hydrogen-bond acceptors (Lipinski definition) is 0. The van der Waals surface area contributed by atoms with Crippen molar-refractivity contribution in [2.24, 2.45) is 17.8 Å². The fourth-order valence-electron chi connectivity index (χ4n) is 2.08. The average Bonchev–Trinajstić information content (AvgIpc) is 2.18. The third-order valence-electron chi connectivity index (χ3n) is 3.33. The molecule has 0 aromatic carbocycles. The molecule has 1 aliphatic rings. The predicted octanol–water partition coefficient (Wildman–Crippen LogP) is 4.97. The highest BCUT2D eigenvalue weighted by Gasteiger charge is 2.12. The van der Waals surface area contributed by atoms with Crippen molar-refractivity contribution in [1.82, 2.24) is 0 Å². The molecule has 1 aliphatic carbocycles. The van der Waals surface area contributed by atoms with Crippen LogP contribution in [0.3, 0.4) is 0 Å². The van der Waals surface area contributed by atoms with Gasteiger partial charge in [0, 0.05) is 0 Å². The Kier molecular flexibility index (Phi) is 5.14. The van der Waals surface area contributed by atoms with Gasteiger partial charge in [-0.3, -0.25) is 0 Å². The summed E-state index contributed by atoms with van der Waals surface area (Å²) in [5, 5.41) is 0. The number of rotatable bonds is 4. The van der Waals surface area contributed by atoms with Gasteiger partial charge in [0.05, 0.1) is 0 Å². The van der Waals surface area contributed by atoms with Crippen LogP contribution in [0.1, 0.15) is 53.4 Å². The lowest BCUT2D eigenvalue weighted by atomic mass is 9.85. The Labute approximate surface area is 95.5 Å². The first-order valence-corrected chi connectivity index (χ1v) is 6.45. The summed E-state index contributed by atoms with van der Waals surface area (Å²) in [6, 6.07) is 0. The monoisotopic (exact) mass is 206 g/mol. The zero-order valence-corrected chi connectivity index (χ0v) is 10.8. The van der Waals surface area contributed by atoms with Crippen LogP contribution in [-0.4, -0.2) is 0 Å². The van der Waals surface area contributed by atoms with Gasteiger partial charge in [0.15, 0.2) is 0 Å². The molecule has 0 saturated heterocycles. The molecular formula is C15H26. The van der Waals surface area contributed by atoms with Gasteiger partial charge in [-0.15, -0.1) is 0 Å². The van der Waals surface area contributed by atoms with E-state index in [1.54, 1.807) is 5.57 Å². The minimum Gasteiger partial charge on any atom is -0.0877 e. The molecule has 1 rings (SSSR count). The van der Waals surface area contributed by atoms with E-state index in [0.717, 1.165) is 11.8 Å². The summed E-state index contributed by atoms with van der Waals surface area (Å²) in [5.74, 6) is 2.35. The molecule has 0 fully saturated rings. The van der Waals surface area contributed by atoms with Crippen molar-refractivity contribution < 1.29 is 0 Å². The molecule has 0 aromatic rings. The zero-order valence-electron chi connectivity index (χ0n) is 10.8. The van der Waals surface area contributed by atoms with Crippen LogP contribution < -0.4 is 0 Å². The minimum absolute atomic E-state index is 0.663. The molecular weight excluding hydrogens is 180 g/mol. The van der Waals surface area contributed by atoms with Gasteiger partial charge in [0.1, 0.15) is 0 Å². The molecule has 0 aromatic heterocycles. The first kappa shape index (κ1) is 12.5. The first-order valence-electron chi connectivity index (χ1n) is 6.45. The quantitative estimate of drug-likeness (QED) is 0.570. The van der Waals surface area contributed by atoms with Crippen LogP contribution >= 0.6 is 0 Å². The summed E-state index contributed by atoms with van der Waals surface area (Å²) in [5.41, 5.74) is 1.66. The van der Waals surface area contributed by atoms with Crippen molar-refractivity contribution in [3.63, 3.8) is 0 Å². The van der Waals surface area contributed by atoms with E-state index in [1.807, 2.05) is 0 Å². The first-order chi connectivity index (χ1) is 7.09. The Morgan fingerprint density at radius 3 is 2.67 bits per heavy atom. The van der Waals surface area contributed by atoms with Crippen LogP contribution in [0.5, 0.6) is 0 Å². The van der Waals surface area contributed by atoms with Gasteiger partial charge in [-0.05, 0) is 43.4 Å². The van der Waals surface area contributed by atoms with Crippen molar-refractivity contribution in [1.29, 1.82) is 0 Å². The lowest BCUT2D eigenvalue weighted by Gasteiger charge is -2.21. The van der Waals surface area contributed by atoms with Gasteiger partial charge in [-0.2, -0.15) is 0 Å². The van der Waals surface area contributed by atoms with Crippen LogP contribution in [0.15, 0.2) is 23.8 Å². The molecule has 0 N–H and O–H groups in total. The van der Waals surface area contributed by atoms with E-state index in [0.29, 0.717) is 5.92 Å². The SMILES string of the molecule is CC(C)C/C=C/[C@H](C)C1=CC[C@@H](C)CC1. The lowest BCUT2D eigenvalue weighted by Crippen LogP contribution is -2.06. The van der Waals surface area contributed by atoms with Crippen LogP contribution in [0, 0.1) is 17.8 Å². The Balaban J connectivity index is 2.40. The van der Waals surface area contributed by atoms with E-state index < -0.39 is 0 Å². The van der Waals surface area contributed by atoms with Gasteiger partial charge in [-0.1, -0.05) is 51.5 Å². The minimum atomic E-state index is 0.663. The van der Waals surface area contributed by atoms with E-state index in [9.17, 15) is 0 Å². The molecule has 0 aliphatic heterocycles. The molecule has 0 amide bonds. The van der Waals surface area contributed by atoms with E-state index in [4.69, 9.17) is 0 Å². The summed E-state index contributed by atoms with van der Waals surface area (Å²) in [6.07, 6.45) is 12.4. The number of hydrogen-bond donors (Lipinski definition) is 0. The second-order valence-corrected chi connectivity index (χ2v) is 5.50. The average molecular weight is 206 g/mol. The zero-order chi connectivity index (χ0) is 11.3. The summed E-state index contributed by atoms with van der Waals surface area (Å²) in [4.78, 5) is 0. The summed E-state index contributed by atoms with van der Waals surface area (Å²) in [7, 11) is 0. The summed E-state index contributed by atoms with van der Waals surface area (Å²) in [6.45, 7) is 9.23. The molecule has 15 heavy (non-hydrogen) atoms. The summed E-state index contributed by atoms with van der Waals surface area (Å²) >= 11 is 0. The Hall–Kier alpha value is -0.520. The van der Waals surface area contributed by atoms with Crippen molar-refractivity contribution in [3.05, 3.63) is 23.8 Å². The van der Waals surface area contributed by atoms with Gasteiger partial charge < -0.3 is 0 Å². The van der Waals surface area contributed by atoms with E-state index in [1.165, 1.54) is 25.7 Å². The molecule has 0 saturated carbocycles. The highest BCUT2D eigenvalue weighted by molar-refractivity contribution is 5.14. The molecule has 0 nitrogen and oxygen atoms in total. The van der Waals surface area contributed by atoms with Crippen LogP contribution in [-0.2, 0) is 0 Å². The molecule has 2 atom stereocenters. The van der Waals surface area contributed by atoms with Gasteiger partial charge in [0.25, 0.3) is 0 Å². The molecule has 0 heterocycles. The van der Waals surface area contributed by atoms with Crippen LogP contribution in [0.2, 0.25) is 0 Å². The normalized spacial score (nSPS) is 24.6. The fourth-order valence-corrected chi connectivity index (χ4v) is 2.08. The second-order valence-electron chi connectivity index (χ2n) is 5.50. The maximum absolute atomic E-state index is 2.47. The van der Waals surface area contributed by atoms with Gasteiger partial charge >= 0.3 is 0 Å². The number of allylic oxidation sites excluding steroid dienone is 4. The van der Waals surface area contributed by atoms with Gasteiger partial charge in [-0.25, -0.2) is 0 Å². The van der Waals surface area contributed by atoms with Crippen LogP contribution in [0.25, 0.3) is 0 Å². The molecule has 0 bridgehead atoms. The second kappa shape index (κ2) is 6.15. The topological polar surface area (TPSA) is 0 Å². The lowest BCUT2D eigenvalue weighted by molar-refractivity contribution is 0.497. The Morgan fingerprint density at radius 2 is 2.13 bits per heavy atom. The molecule has 0 unspecified atom stereocenters. The van der Waals surface area contributed by atoms with Gasteiger partial charge in [0.2, 0.25) is 0 Å².